The Labute approximate surface area is 176 Å². The summed E-state index contributed by atoms with van der Waals surface area (Å²) >= 11 is 17.6. The van der Waals surface area contributed by atoms with Gasteiger partial charge < -0.3 is 5.32 Å². The first-order valence-corrected chi connectivity index (χ1v) is 9.26. The SMILES string of the molecule is Cc1ccc(C(=O)Cl)c(C(=O)c2ccc(Nc3ccc(Cl)cc3F)cc2Cl)c1. The van der Waals surface area contributed by atoms with Crippen LogP contribution in [0.25, 0.3) is 0 Å². The summed E-state index contributed by atoms with van der Waals surface area (Å²) in [4.78, 5) is 24.6. The third kappa shape index (κ3) is 4.36. The highest BCUT2D eigenvalue weighted by atomic mass is 35.5. The van der Waals surface area contributed by atoms with Crippen LogP contribution in [0, 0.1) is 12.7 Å². The standard InChI is InChI=1S/C21H13Cl3FNO2/c1-11-2-5-14(21(24)28)16(8-11)20(27)15-6-4-13(10-17(15)23)26-19-7-3-12(22)9-18(19)25/h2-10,26H,1H3. The molecule has 0 bridgehead atoms. The summed E-state index contributed by atoms with van der Waals surface area (Å²) in [5.74, 6) is -0.948. The van der Waals surface area contributed by atoms with E-state index >= 15 is 0 Å². The van der Waals surface area contributed by atoms with E-state index in [1.54, 1.807) is 31.2 Å². The van der Waals surface area contributed by atoms with Crippen LogP contribution in [0.4, 0.5) is 15.8 Å². The van der Waals surface area contributed by atoms with Crippen molar-refractivity contribution in [2.45, 2.75) is 6.92 Å². The van der Waals surface area contributed by atoms with Crippen molar-refractivity contribution in [3.8, 4) is 0 Å². The van der Waals surface area contributed by atoms with Gasteiger partial charge in [0.25, 0.3) is 5.24 Å². The lowest BCUT2D eigenvalue weighted by Crippen LogP contribution is -2.09. The largest absolute Gasteiger partial charge is 0.353 e. The fourth-order valence-corrected chi connectivity index (χ4v) is 3.28. The fraction of sp³-hybridized carbons (Fsp3) is 0.0476. The first kappa shape index (κ1) is 20.3. The highest BCUT2D eigenvalue weighted by Gasteiger charge is 2.20. The molecule has 3 aromatic carbocycles. The van der Waals surface area contributed by atoms with Gasteiger partial charge in [-0.15, -0.1) is 0 Å². The van der Waals surface area contributed by atoms with Crippen molar-refractivity contribution in [3.63, 3.8) is 0 Å². The predicted octanol–water partition coefficient (Wildman–Crippen LogP) is 6.79. The maximum absolute atomic E-state index is 13.9. The number of ketones is 1. The molecule has 0 fully saturated rings. The van der Waals surface area contributed by atoms with Crippen molar-refractivity contribution in [2.24, 2.45) is 0 Å². The Balaban J connectivity index is 1.94. The molecule has 0 aromatic heterocycles. The van der Waals surface area contributed by atoms with Gasteiger partial charge in [-0.3, -0.25) is 9.59 Å². The number of carbonyl (C=O) groups excluding carboxylic acids is 2. The van der Waals surface area contributed by atoms with Crippen LogP contribution in [0.15, 0.2) is 54.6 Å². The van der Waals surface area contributed by atoms with Crippen molar-refractivity contribution in [2.75, 3.05) is 5.32 Å². The van der Waals surface area contributed by atoms with Crippen molar-refractivity contribution in [1.82, 2.24) is 0 Å². The highest BCUT2D eigenvalue weighted by molar-refractivity contribution is 6.68. The molecular weight excluding hydrogens is 424 g/mol. The number of nitrogens with one attached hydrogen (secondary N) is 1. The Morgan fingerprint density at radius 1 is 0.893 bits per heavy atom. The molecule has 0 spiro atoms. The minimum Gasteiger partial charge on any atom is -0.353 e. The second kappa shape index (κ2) is 8.31. The summed E-state index contributed by atoms with van der Waals surface area (Å²) in [6.07, 6.45) is 0. The number of carbonyl (C=O) groups is 2. The van der Waals surface area contributed by atoms with E-state index < -0.39 is 16.8 Å². The smallest absolute Gasteiger partial charge is 0.253 e. The molecule has 28 heavy (non-hydrogen) atoms. The molecule has 7 heteroatoms. The molecule has 3 nitrogen and oxygen atoms in total. The van der Waals surface area contributed by atoms with E-state index in [1.807, 2.05) is 0 Å². The second-order valence-corrected chi connectivity index (χ2v) is 7.28. The number of hydrogen-bond acceptors (Lipinski definition) is 3. The van der Waals surface area contributed by atoms with Gasteiger partial charge in [-0.2, -0.15) is 0 Å². The number of halogens is 4. The van der Waals surface area contributed by atoms with Gasteiger partial charge in [-0.1, -0.05) is 34.8 Å². The van der Waals surface area contributed by atoms with Crippen LogP contribution in [0.2, 0.25) is 10.0 Å². The van der Waals surface area contributed by atoms with Crippen molar-refractivity contribution >= 4 is 57.2 Å². The maximum Gasteiger partial charge on any atom is 0.253 e. The van der Waals surface area contributed by atoms with Gasteiger partial charge in [0.15, 0.2) is 5.78 Å². The van der Waals surface area contributed by atoms with E-state index in [0.717, 1.165) is 5.56 Å². The molecule has 0 saturated carbocycles. The van der Waals surface area contributed by atoms with Gasteiger partial charge in [0.05, 0.1) is 10.7 Å². The van der Waals surface area contributed by atoms with E-state index in [0.29, 0.717) is 5.69 Å². The number of aryl methyl sites for hydroxylation is 1. The lowest BCUT2D eigenvalue weighted by Gasteiger charge is -2.11. The Bertz CT molecular complexity index is 1100. The second-order valence-electron chi connectivity index (χ2n) is 6.10. The van der Waals surface area contributed by atoms with E-state index in [4.69, 9.17) is 34.8 Å². The van der Waals surface area contributed by atoms with Crippen LogP contribution in [-0.2, 0) is 0 Å². The average molecular weight is 437 g/mol. The first-order chi connectivity index (χ1) is 13.3. The van der Waals surface area contributed by atoms with Crippen molar-refractivity contribution in [3.05, 3.63) is 92.7 Å². The molecule has 0 amide bonds. The average Bonchev–Trinajstić information content (AvgIpc) is 2.63. The van der Waals surface area contributed by atoms with E-state index in [1.165, 1.54) is 30.3 Å². The third-order valence-corrected chi connectivity index (χ3v) is 4.81. The minimum atomic E-state index is -0.726. The molecule has 0 aliphatic heterocycles. The summed E-state index contributed by atoms with van der Waals surface area (Å²) in [6.45, 7) is 1.80. The van der Waals surface area contributed by atoms with Crippen LogP contribution in [0.1, 0.15) is 31.8 Å². The van der Waals surface area contributed by atoms with Gasteiger partial charge in [0.2, 0.25) is 0 Å². The lowest BCUT2D eigenvalue weighted by molar-refractivity contribution is 0.102. The van der Waals surface area contributed by atoms with Crippen molar-refractivity contribution < 1.29 is 14.0 Å². The van der Waals surface area contributed by atoms with E-state index in [2.05, 4.69) is 5.32 Å². The summed E-state index contributed by atoms with van der Waals surface area (Å²) in [7, 11) is 0. The summed E-state index contributed by atoms with van der Waals surface area (Å²) in [6, 6.07) is 13.6. The molecule has 0 aliphatic rings. The van der Waals surface area contributed by atoms with Crippen LogP contribution in [0.3, 0.4) is 0 Å². The maximum atomic E-state index is 13.9. The molecule has 142 valence electrons. The molecule has 0 saturated heterocycles. The normalized spacial score (nSPS) is 10.6. The van der Waals surface area contributed by atoms with Crippen LogP contribution in [-0.4, -0.2) is 11.0 Å². The third-order valence-electron chi connectivity index (χ3n) is 4.06. The zero-order chi connectivity index (χ0) is 20.4. The zero-order valence-corrected chi connectivity index (χ0v) is 16.8. The quantitative estimate of drug-likeness (QED) is 0.353. The van der Waals surface area contributed by atoms with Gasteiger partial charge in [0.1, 0.15) is 5.82 Å². The molecule has 0 heterocycles. The molecule has 1 N–H and O–H groups in total. The van der Waals surface area contributed by atoms with Gasteiger partial charge >= 0.3 is 0 Å². The first-order valence-electron chi connectivity index (χ1n) is 8.13. The molecular formula is C21H13Cl3FNO2. The predicted molar refractivity (Wildman–Crippen MR) is 111 cm³/mol. The number of hydrogen-bond donors (Lipinski definition) is 1. The van der Waals surface area contributed by atoms with Gasteiger partial charge in [-0.05, 0) is 67.1 Å². The van der Waals surface area contributed by atoms with E-state index in [9.17, 15) is 14.0 Å². The molecule has 3 rings (SSSR count). The van der Waals surface area contributed by atoms with Crippen LogP contribution in [0.5, 0.6) is 0 Å². The fourth-order valence-electron chi connectivity index (χ4n) is 2.69. The molecule has 3 aromatic rings. The number of rotatable bonds is 5. The molecule has 0 aliphatic carbocycles. The molecule has 0 atom stereocenters. The van der Waals surface area contributed by atoms with Crippen molar-refractivity contribution in [1.29, 1.82) is 0 Å². The highest BCUT2D eigenvalue weighted by Crippen LogP contribution is 2.29. The molecule has 0 radical (unpaired) electrons. The summed E-state index contributed by atoms with van der Waals surface area (Å²) in [5, 5.41) is 2.59. The summed E-state index contributed by atoms with van der Waals surface area (Å²) in [5.41, 5.74) is 1.99. The Hall–Kier alpha value is -2.40. The molecule has 0 unspecified atom stereocenters. The zero-order valence-electron chi connectivity index (χ0n) is 14.5. The Morgan fingerprint density at radius 3 is 2.25 bits per heavy atom. The van der Waals surface area contributed by atoms with Gasteiger partial charge in [-0.25, -0.2) is 4.39 Å². The van der Waals surface area contributed by atoms with Gasteiger partial charge in [0, 0.05) is 27.4 Å². The summed E-state index contributed by atoms with van der Waals surface area (Å²) < 4.78 is 13.9. The minimum absolute atomic E-state index is 0.110. The number of benzene rings is 3. The monoisotopic (exact) mass is 435 g/mol. The Morgan fingerprint density at radius 2 is 1.61 bits per heavy atom. The topological polar surface area (TPSA) is 46.2 Å². The van der Waals surface area contributed by atoms with Crippen LogP contribution >= 0.6 is 34.8 Å². The van der Waals surface area contributed by atoms with E-state index in [-0.39, 0.29) is 32.4 Å². The Kier molecular flexibility index (Phi) is 6.04. The lowest BCUT2D eigenvalue weighted by atomic mass is 9.97. The number of anilines is 2. The van der Waals surface area contributed by atoms with Crippen LogP contribution < -0.4 is 5.32 Å².